The topological polar surface area (TPSA) is 26.3 Å². The number of ketones is 1. The van der Waals surface area contributed by atoms with Crippen LogP contribution in [0.2, 0.25) is 0 Å². The van der Waals surface area contributed by atoms with Gasteiger partial charge in [-0.1, -0.05) is 29.8 Å². The van der Waals surface area contributed by atoms with Gasteiger partial charge in [-0.3, -0.25) is 4.79 Å². The summed E-state index contributed by atoms with van der Waals surface area (Å²) in [6, 6.07) is 8.10. The fraction of sp³-hybridized carbons (Fsp3) is 0.308. The summed E-state index contributed by atoms with van der Waals surface area (Å²) in [5.74, 6) is 0.115. The van der Waals surface area contributed by atoms with Crippen molar-refractivity contribution in [3.63, 3.8) is 0 Å². The van der Waals surface area contributed by atoms with Crippen LogP contribution in [0.3, 0.4) is 0 Å². The van der Waals surface area contributed by atoms with E-state index in [1.165, 1.54) is 17.9 Å². The lowest BCUT2D eigenvalue weighted by atomic mass is 9.89. The highest BCUT2D eigenvalue weighted by Gasteiger charge is 2.32. The molecule has 1 atom stereocenters. The number of aryl methyl sites for hydroxylation is 1. The minimum atomic E-state index is -0.500. The minimum absolute atomic E-state index is 0.115. The molecule has 0 unspecified atom stereocenters. The van der Waals surface area contributed by atoms with Gasteiger partial charge in [0, 0.05) is 6.08 Å². The van der Waals surface area contributed by atoms with Crippen LogP contribution in [0.1, 0.15) is 24.5 Å². The Labute approximate surface area is 89.6 Å². The van der Waals surface area contributed by atoms with Crippen LogP contribution in [-0.2, 0) is 15.1 Å². The van der Waals surface area contributed by atoms with E-state index in [-0.39, 0.29) is 5.78 Å². The van der Waals surface area contributed by atoms with Crippen molar-refractivity contribution in [2.24, 2.45) is 0 Å². The van der Waals surface area contributed by atoms with E-state index in [1.807, 2.05) is 38.1 Å². The van der Waals surface area contributed by atoms with Gasteiger partial charge in [-0.05, 0) is 19.4 Å². The average Bonchev–Trinajstić information content (AvgIpc) is 2.18. The second kappa shape index (κ2) is 3.54. The van der Waals surface area contributed by atoms with Crippen molar-refractivity contribution in [2.75, 3.05) is 0 Å². The Morgan fingerprint density at radius 3 is 2.53 bits per heavy atom. The smallest absolute Gasteiger partial charge is 0.163 e. The molecule has 1 heterocycles. The number of ether oxygens (including phenoxy) is 1. The van der Waals surface area contributed by atoms with E-state index < -0.39 is 5.60 Å². The van der Waals surface area contributed by atoms with E-state index in [0.717, 1.165) is 5.56 Å². The molecule has 0 amide bonds. The molecule has 1 aliphatic heterocycles. The standard InChI is InChI=1S/C13H14O2/c1-10-3-5-11(6-4-10)13(2)9-12(14)7-8-15-13/h3-8H,9H2,1-2H3/t13-/m1/s1. The second-order valence-corrected chi connectivity index (χ2v) is 4.16. The monoisotopic (exact) mass is 202 g/mol. The van der Waals surface area contributed by atoms with Gasteiger partial charge in [-0.15, -0.1) is 0 Å². The zero-order valence-electron chi connectivity index (χ0n) is 8.99. The first kappa shape index (κ1) is 9.97. The summed E-state index contributed by atoms with van der Waals surface area (Å²) in [7, 11) is 0. The second-order valence-electron chi connectivity index (χ2n) is 4.16. The first-order valence-corrected chi connectivity index (χ1v) is 5.04. The lowest BCUT2D eigenvalue weighted by molar-refractivity contribution is -0.122. The highest BCUT2D eigenvalue weighted by atomic mass is 16.5. The van der Waals surface area contributed by atoms with E-state index in [1.54, 1.807) is 0 Å². The molecule has 0 fully saturated rings. The summed E-state index contributed by atoms with van der Waals surface area (Å²) in [4.78, 5) is 11.4. The molecule has 0 spiro atoms. The van der Waals surface area contributed by atoms with Gasteiger partial charge in [0.1, 0.15) is 5.60 Å². The SMILES string of the molecule is Cc1ccc([C@@]2(C)CC(=O)C=CO2)cc1. The molecular weight excluding hydrogens is 188 g/mol. The van der Waals surface area contributed by atoms with Crippen LogP contribution in [0, 0.1) is 6.92 Å². The number of allylic oxidation sites excluding steroid dienone is 1. The van der Waals surface area contributed by atoms with Gasteiger partial charge in [0.25, 0.3) is 0 Å². The van der Waals surface area contributed by atoms with Crippen molar-refractivity contribution in [1.82, 2.24) is 0 Å². The number of rotatable bonds is 1. The Morgan fingerprint density at radius 2 is 1.93 bits per heavy atom. The predicted molar refractivity (Wildman–Crippen MR) is 58.4 cm³/mol. The molecule has 0 saturated carbocycles. The maximum absolute atomic E-state index is 11.4. The van der Waals surface area contributed by atoms with Gasteiger partial charge >= 0.3 is 0 Å². The van der Waals surface area contributed by atoms with Crippen LogP contribution >= 0.6 is 0 Å². The van der Waals surface area contributed by atoms with Crippen molar-refractivity contribution in [2.45, 2.75) is 25.9 Å². The van der Waals surface area contributed by atoms with Crippen LogP contribution in [-0.4, -0.2) is 5.78 Å². The molecule has 2 rings (SSSR count). The van der Waals surface area contributed by atoms with E-state index in [0.29, 0.717) is 6.42 Å². The third kappa shape index (κ3) is 1.94. The Kier molecular flexibility index (Phi) is 2.35. The Hall–Kier alpha value is -1.57. The van der Waals surface area contributed by atoms with Gasteiger partial charge in [-0.2, -0.15) is 0 Å². The number of hydrogen-bond donors (Lipinski definition) is 0. The summed E-state index contributed by atoms with van der Waals surface area (Å²) >= 11 is 0. The minimum Gasteiger partial charge on any atom is -0.490 e. The molecule has 0 aromatic heterocycles. The maximum atomic E-state index is 11.4. The molecular formula is C13H14O2. The van der Waals surface area contributed by atoms with E-state index in [2.05, 4.69) is 0 Å². The van der Waals surface area contributed by atoms with Crippen LogP contribution in [0.5, 0.6) is 0 Å². The molecule has 2 nitrogen and oxygen atoms in total. The molecule has 78 valence electrons. The summed E-state index contributed by atoms with van der Waals surface area (Å²) in [5, 5.41) is 0. The first-order valence-electron chi connectivity index (χ1n) is 5.04. The lowest BCUT2D eigenvalue weighted by Crippen LogP contribution is -2.29. The molecule has 1 aliphatic rings. The molecule has 0 N–H and O–H groups in total. The first-order chi connectivity index (χ1) is 7.10. The normalized spacial score (nSPS) is 25.1. The van der Waals surface area contributed by atoms with Crippen molar-refractivity contribution in [1.29, 1.82) is 0 Å². The van der Waals surface area contributed by atoms with Crippen LogP contribution in [0.15, 0.2) is 36.6 Å². The van der Waals surface area contributed by atoms with Crippen LogP contribution < -0.4 is 0 Å². The third-order valence-corrected chi connectivity index (χ3v) is 2.76. The Bertz CT molecular complexity index is 403. The van der Waals surface area contributed by atoms with Crippen LogP contribution in [0.4, 0.5) is 0 Å². The fourth-order valence-corrected chi connectivity index (χ4v) is 1.77. The average molecular weight is 202 g/mol. The third-order valence-electron chi connectivity index (χ3n) is 2.76. The van der Waals surface area contributed by atoms with Crippen LogP contribution in [0.25, 0.3) is 0 Å². The fourth-order valence-electron chi connectivity index (χ4n) is 1.77. The number of benzene rings is 1. The number of carbonyl (C=O) groups is 1. The molecule has 0 saturated heterocycles. The quantitative estimate of drug-likeness (QED) is 0.700. The van der Waals surface area contributed by atoms with Crippen molar-refractivity contribution in [3.8, 4) is 0 Å². The van der Waals surface area contributed by atoms with Gasteiger partial charge in [0.15, 0.2) is 5.78 Å². The summed E-state index contributed by atoms with van der Waals surface area (Å²) in [6.45, 7) is 3.98. The zero-order valence-corrected chi connectivity index (χ0v) is 8.99. The summed E-state index contributed by atoms with van der Waals surface area (Å²) in [5.41, 5.74) is 1.75. The summed E-state index contributed by atoms with van der Waals surface area (Å²) in [6.07, 6.45) is 3.38. The van der Waals surface area contributed by atoms with Crippen molar-refractivity contribution < 1.29 is 9.53 Å². The maximum Gasteiger partial charge on any atom is 0.163 e. The largest absolute Gasteiger partial charge is 0.490 e. The molecule has 1 aromatic rings. The zero-order chi connectivity index (χ0) is 10.9. The van der Waals surface area contributed by atoms with Crippen molar-refractivity contribution in [3.05, 3.63) is 47.7 Å². The molecule has 1 aromatic carbocycles. The van der Waals surface area contributed by atoms with E-state index in [4.69, 9.17) is 4.74 Å². The van der Waals surface area contributed by atoms with Crippen molar-refractivity contribution >= 4 is 5.78 Å². The molecule has 0 aliphatic carbocycles. The molecule has 0 bridgehead atoms. The highest BCUT2D eigenvalue weighted by molar-refractivity contribution is 5.91. The Balaban J connectivity index is 2.33. The van der Waals surface area contributed by atoms with Gasteiger partial charge in [0.05, 0.1) is 12.7 Å². The van der Waals surface area contributed by atoms with Gasteiger partial charge in [0.2, 0.25) is 0 Å². The summed E-state index contributed by atoms with van der Waals surface area (Å²) < 4.78 is 5.56. The molecule has 0 radical (unpaired) electrons. The molecule has 15 heavy (non-hydrogen) atoms. The molecule has 2 heteroatoms. The van der Waals surface area contributed by atoms with Gasteiger partial charge in [-0.25, -0.2) is 0 Å². The Morgan fingerprint density at radius 1 is 1.27 bits per heavy atom. The predicted octanol–water partition coefficient (Wildman–Crippen LogP) is 2.71. The number of hydrogen-bond acceptors (Lipinski definition) is 2. The number of carbonyl (C=O) groups excluding carboxylic acids is 1. The van der Waals surface area contributed by atoms with E-state index >= 15 is 0 Å². The lowest BCUT2D eigenvalue weighted by Gasteiger charge is -2.31. The van der Waals surface area contributed by atoms with E-state index in [9.17, 15) is 4.79 Å². The van der Waals surface area contributed by atoms with Gasteiger partial charge < -0.3 is 4.74 Å². The highest BCUT2D eigenvalue weighted by Crippen LogP contribution is 2.32.